The lowest BCUT2D eigenvalue weighted by Gasteiger charge is -2.23. The van der Waals surface area contributed by atoms with Crippen LogP contribution in [0.4, 0.5) is 8.78 Å². The lowest BCUT2D eigenvalue weighted by atomic mass is 10.2. The lowest BCUT2D eigenvalue weighted by Crippen LogP contribution is -2.34. The van der Waals surface area contributed by atoms with E-state index in [1.165, 1.54) is 12.1 Å². The molecule has 15 heavy (non-hydrogen) atoms. The first kappa shape index (κ1) is 11.1. The Morgan fingerprint density at radius 1 is 1.13 bits per heavy atom. The van der Waals surface area contributed by atoms with Crippen molar-refractivity contribution in [2.45, 2.75) is 30.3 Å². The van der Waals surface area contributed by atoms with Gasteiger partial charge in [-0.3, -0.25) is 0 Å². The number of alkyl halides is 1. The molecular formula is C11H12ClF2Si. The molecule has 0 spiro atoms. The van der Waals surface area contributed by atoms with E-state index in [0.29, 0.717) is 0 Å². The van der Waals surface area contributed by atoms with Crippen molar-refractivity contribution < 1.29 is 8.78 Å². The number of hydrogen-bond donors (Lipinski definition) is 0. The highest BCUT2D eigenvalue weighted by atomic mass is 35.5. The third-order valence-electron chi connectivity index (χ3n) is 2.85. The largest absolute Gasteiger partial charge is 0.204 e. The zero-order valence-electron chi connectivity index (χ0n) is 8.27. The molecule has 1 aliphatic rings. The Hall–Kier alpha value is -0.413. The quantitative estimate of drug-likeness (QED) is 0.527. The van der Waals surface area contributed by atoms with E-state index in [1.807, 2.05) is 0 Å². The van der Waals surface area contributed by atoms with Gasteiger partial charge in [-0.1, -0.05) is 23.3 Å². The van der Waals surface area contributed by atoms with Gasteiger partial charge in [0.15, 0.2) is 11.6 Å². The molecule has 0 aromatic heterocycles. The summed E-state index contributed by atoms with van der Waals surface area (Å²) in [5, 5.41) is 1.28. The minimum atomic E-state index is -0.757. The lowest BCUT2D eigenvalue weighted by molar-refractivity contribution is 0.509. The van der Waals surface area contributed by atoms with Crippen molar-refractivity contribution in [1.29, 1.82) is 0 Å². The third-order valence-corrected chi connectivity index (χ3v) is 6.19. The third kappa shape index (κ3) is 2.58. The zero-order chi connectivity index (χ0) is 10.8. The van der Waals surface area contributed by atoms with Crippen LogP contribution >= 0.6 is 11.6 Å². The van der Waals surface area contributed by atoms with Gasteiger partial charge < -0.3 is 0 Å². The highest BCUT2D eigenvalue weighted by Crippen LogP contribution is 2.23. The molecule has 1 saturated heterocycles. The molecule has 0 aliphatic carbocycles. The van der Waals surface area contributed by atoms with Crippen LogP contribution in [0.3, 0.4) is 0 Å². The van der Waals surface area contributed by atoms with Gasteiger partial charge in [0.05, 0.1) is 8.80 Å². The van der Waals surface area contributed by atoms with Crippen LogP contribution in [0.15, 0.2) is 18.2 Å². The maximum Gasteiger partial charge on any atom is 0.158 e. The van der Waals surface area contributed by atoms with Crippen molar-refractivity contribution in [3.05, 3.63) is 29.8 Å². The fourth-order valence-corrected chi connectivity index (χ4v) is 5.39. The van der Waals surface area contributed by atoms with E-state index in [2.05, 4.69) is 0 Å². The van der Waals surface area contributed by atoms with Crippen LogP contribution in [0.25, 0.3) is 0 Å². The minimum absolute atomic E-state index is 0.282. The molecule has 0 unspecified atom stereocenters. The molecular weight excluding hydrogens is 234 g/mol. The first-order chi connectivity index (χ1) is 7.16. The van der Waals surface area contributed by atoms with Gasteiger partial charge in [0.2, 0.25) is 0 Å². The maximum atomic E-state index is 13.0. The highest BCUT2D eigenvalue weighted by Gasteiger charge is 2.23. The summed E-state index contributed by atoms with van der Waals surface area (Å²) >= 11 is 6.01. The van der Waals surface area contributed by atoms with Gasteiger partial charge in [0, 0.05) is 5.38 Å². The second-order valence-electron chi connectivity index (χ2n) is 3.91. The smallest absolute Gasteiger partial charge is 0.158 e. The average Bonchev–Trinajstić information content (AvgIpc) is 2.23. The Balaban J connectivity index is 2.12. The van der Waals surface area contributed by atoms with Crippen LogP contribution in [-0.2, 0) is 0 Å². The fourth-order valence-electron chi connectivity index (χ4n) is 1.94. The molecule has 0 saturated carbocycles. The van der Waals surface area contributed by atoms with E-state index >= 15 is 0 Å². The van der Waals surface area contributed by atoms with Crippen molar-refractivity contribution in [2.24, 2.45) is 0 Å². The van der Waals surface area contributed by atoms with Crippen molar-refractivity contribution in [1.82, 2.24) is 0 Å². The Morgan fingerprint density at radius 2 is 1.80 bits per heavy atom. The van der Waals surface area contributed by atoms with Gasteiger partial charge in [-0.05, 0) is 25.0 Å². The number of rotatable bonds is 1. The Morgan fingerprint density at radius 3 is 2.40 bits per heavy atom. The van der Waals surface area contributed by atoms with Crippen molar-refractivity contribution in [2.75, 3.05) is 0 Å². The predicted octanol–water partition coefficient (Wildman–Crippen LogP) is 3.07. The van der Waals surface area contributed by atoms with Gasteiger partial charge in [-0.2, -0.15) is 0 Å². The van der Waals surface area contributed by atoms with Crippen LogP contribution in [0.2, 0.25) is 12.1 Å². The Labute approximate surface area is 94.9 Å². The van der Waals surface area contributed by atoms with Gasteiger partial charge in [-0.15, -0.1) is 11.6 Å². The summed E-state index contributed by atoms with van der Waals surface area (Å²) in [6, 6.07) is 6.46. The second-order valence-corrected chi connectivity index (χ2v) is 7.31. The molecule has 4 heteroatoms. The normalized spacial score (nSPS) is 19.4. The molecule has 2 rings (SSSR count). The van der Waals surface area contributed by atoms with Crippen molar-refractivity contribution in [3.8, 4) is 0 Å². The molecule has 1 aromatic carbocycles. The van der Waals surface area contributed by atoms with Crippen LogP contribution in [0.5, 0.6) is 0 Å². The molecule has 0 amide bonds. The molecule has 0 nitrogen and oxygen atoms in total. The van der Waals surface area contributed by atoms with E-state index in [1.54, 1.807) is 6.07 Å². The van der Waals surface area contributed by atoms with Gasteiger partial charge >= 0.3 is 0 Å². The minimum Gasteiger partial charge on any atom is -0.204 e. The zero-order valence-corrected chi connectivity index (χ0v) is 10.0. The fraction of sp³-hybridized carbons (Fsp3) is 0.455. The topological polar surface area (TPSA) is 0 Å². The molecule has 81 valence electrons. The summed E-state index contributed by atoms with van der Waals surface area (Å²) in [6.07, 6.45) is 2.02. The summed E-state index contributed by atoms with van der Waals surface area (Å²) in [6.45, 7) is 0. The maximum absolute atomic E-state index is 13.0. The van der Waals surface area contributed by atoms with Gasteiger partial charge in [0.1, 0.15) is 0 Å². The molecule has 1 aliphatic heterocycles. The van der Waals surface area contributed by atoms with E-state index in [9.17, 15) is 8.78 Å². The highest BCUT2D eigenvalue weighted by molar-refractivity contribution is 6.73. The van der Waals surface area contributed by atoms with E-state index in [-0.39, 0.29) is 5.38 Å². The Kier molecular flexibility index (Phi) is 3.41. The summed E-state index contributed by atoms with van der Waals surface area (Å²) in [4.78, 5) is 0. The number of benzene rings is 1. The standard InChI is InChI=1S/C11H12ClF2Si/c12-8-3-5-15(6-4-8)9-1-2-10(13)11(14)7-9/h1-2,7-8H,3-6H2. The number of halogens is 3. The van der Waals surface area contributed by atoms with Crippen LogP contribution < -0.4 is 5.19 Å². The summed E-state index contributed by atoms with van der Waals surface area (Å²) in [5.74, 6) is -1.48. The predicted molar refractivity (Wildman–Crippen MR) is 60.2 cm³/mol. The van der Waals surface area contributed by atoms with Crippen LogP contribution in [-0.4, -0.2) is 14.2 Å². The second kappa shape index (κ2) is 4.62. The molecule has 1 aromatic rings. The molecule has 0 N–H and O–H groups in total. The van der Waals surface area contributed by atoms with Gasteiger partial charge in [0.25, 0.3) is 0 Å². The van der Waals surface area contributed by atoms with Crippen LogP contribution in [0, 0.1) is 11.6 Å². The molecule has 1 fully saturated rings. The van der Waals surface area contributed by atoms with Gasteiger partial charge in [-0.25, -0.2) is 8.78 Å². The first-order valence-corrected chi connectivity index (χ1v) is 7.46. The Bertz CT molecular complexity index is 348. The number of hydrogen-bond acceptors (Lipinski definition) is 0. The SMILES string of the molecule is Fc1ccc([Si]2CCC(Cl)CC2)cc1F. The summed E-state index contributed by atoms with van der Waals surface area (Å²) in [7, 11) is -0.688. The monoisotopic (exact) mass is 245 g/mol. The van der Waals surface area contributed by atoms with E-state index < -0.39 is 20.4 Å². The van der Waals surface area contributed by atoms with Crippen LogP contribution in [0.1, 0.15) is 12.8 Å². The first-order valence-electron chi connectivity index (χ1n) is 5.11. The summed E-state index contributed by atoms with van der Waals surface area (Å²) < 4.78 is 25.8. The molecule has 1 radical (unpaired) electrons. The molecule has 1 heterocycles. The summed E-state index contributed by atoms with van der Waals surface area (Å²) in [5.41, 5.74) is 0. The van der Waals surface area contributed by atoms with Crippen molar-refractivity contribution >= 4 is 25.6 Å². The molecule has 0 bridgehead atoms. The van der Waals surface area contributed by atoms with E-state index in [0.717, 1.165) is 30.1 Å². The average molecular weight is 246 g/mol. The van der Waals surface area contributed by atoms with E-state index in [4.69, 9.17) is 11.6 Å². The van der Waals surface area contributed by atoms with Crippen molar-refractivity contribution in [3.63, 3.8) is 0 Å². The molecule has 0 atom stereocenters.